The van der Waals surface area contributed by atoms with Crippen LogP contribution in [-0.2, 0) is 13.6 Å². The first-order chi connectivity index (χ1) is 9.58. The van der Waals surface area contributed by atoms with E-state index in [1.54, 1.807) is 16.8 Å². The van der Waals surface area contributed by atoms with E-state index >= 15 is 0 Å². The molecule has 0 fully saturated rings. The molecule has 0 saturated carbocycles. The molecule has 102 valence electrons. The summed E-state index contributed by atoms with van der Waals surface area (Å²) in [5, 5.41) is 12.9. The predicted molar refractivity (Wildman–Crippen MR) is 78.5 cm³/mol. The maximum atomic E-state index is 12.4. The fourth-order valence-corrected chi connectivity index (χ4v) is 2.58. The average molecular weight is 334 g/mol. The van der Waals surface area contributed by atoms with Crippen LogP contribution in [-0.4, -0.2) is 24.8 Å². The van der Waals surface area contributed by atoms with Crippen LogP contribution in [0.5, 0.6) is 0 Å². The van der Waals surface area contributed by atoms with E-state index in [1.807, 2.05) is 26.1 Å². The standard InChI is InChI=1S/C13H12BrN5O/c1-8-12(14)11(18(2)16-8)7-19-13(20)9-5-3-4-6-10(9)15-17-19/h3-6H,7H2,1-2H3. The molecule has 2 heterocycles. The van der Waals surface area contributed by atoms with Gasteiger partial charge in [-0.15, -0.1) is 5.10 Å². The molecule has 20 heavy (non-hydrogen) atoms. The van der Waals surface area contributed by atoms with E-state index in [2.05, 4.69) is 31.3 Å². The number of aromatic nitrogens is 5. The smallest absolute Gasteiger partial charge is 0.269 e. The lowest BCUT2D eigenvalue weighted by atomic mass is 10.2. The molecule has 0 bridgehead atoms. The summed E-state index contributed by atoms with van der Waals surface area (Å²) >= 11 is 3.49. The molecule has 7 heteroatoms. The van der Waals surface area contributed by atoms with Crippen LogP contribution >= 0.6 is 15.9 Å². The number of rotatable bonds is 2. The first kappa shape index (κ1) is 13.0. The van der Waals surface area contributed by atoms with E-state index in [1.165, 1.54) is 4.68 Å². The molecule has 0 radical (unpaired) electrons. The fourth-order valence-electron chi connectivity index (χ4n) is 2.12. The minimum atomic E-state index is -0.152. The van der Waals surface area contributed by atoms with Gasteiger partial charge in [0, 0.05) is 7.05 Å². The second-order valence-corrected chi connectivity index (χ2v) is 5.33. The molecule has 0 aliphatic rings. The van der Waals surface area contributed by atoms with Gasteiger partial charge in [-0.1, -0.05) is 17.3 Å². The summed E-state index contributed by atoms with van der Waals surface area (Å²) in [7, 11) is 1.84. The Kier molecular flexibility index (Phi) is 3.13. The molecule has 0 unspecified atom stereocenters. The molecule has 0 spiro atoms. The van der Waals surface area contributed by atoms with E-state index in [9.17, 15) is 4.79 Å². The van der Waals surface area contributed by atoms with Gasteiger partial charge in [0.25, 0.3) is 5.56 Å². The summed E-state index contributed by atoms with van der Waals surface area (Å²) < 4.78 is 3.98. The van der Waals surface area contributed by atoms with Gasteiger partial charge in [0.15, 0.2) is 0 Å². The van der Waals surface area contributed by atoms with E-state index < -0.39 is 0 Å². The number of nitrogens with zero attached hydrogens (tertiary/aromatic N) is 5. The van der Waals surface area contributed by atoms with Crippen molar-refractivity contribution in [1.29, 1.82) is 0 Å². The van der Waals surface area contributed by atoms with Crippen molar-refractivity contribution in [1.82, 2.24) is 24.8 Å². The maximum Gasteiger partial charge on any atom is 0.277 e. The van der Waals surface area contributed by atoms with Crippen molar-refractivity contribution in [3.63, 3.8) is 0 Å². The van der Waals surface area contributed by atoms with E-state index in [0.29, 0.717) is 17.4 Å². The highest BCUT2D eigenvalue weighted by molar-refractivity contribution is 9.10. The van der Waals surface area contributed by atoms with Gasteiger partial charge in [-0.25, -0.2) is 4.68 Å². The average Bonchev–Trinajstić information content (AvgIpc) is 2.68. The van der Waals surface area contributed by atoms with Crippen LogP contribution in [0.2, 0.25) is 0 Å². The minimum Gasteiger partial charge on any atom is -0.269 e. The predicted octanol–water partition coefficient (Wildman–Crippen LogP) is 1.64. The molecule has 2 aromatic heterocycles. The molecule has 0 aliphatic carbocycles. The Morgan fingerprint density at radius 2 is 2.05 bits per heavy atom. The van der Waals surface area contributed by atoms with Crippen molar-refractivity contribution in [2.24, 2.45) is 7.05 Å². The van der Waals surface area contributed by atoms with Crippen LogP contribution in [0.1, 0.15) is 11.4 Å². The molecule has 6 nitrogen and oxygen atoms in total. The Hall–Kier alpha value is -2.02. The third-order valence-corrected chi connectivity index (χ3v) is 4.22. The lowest BCUT2D eigenvalue weighted by molar-refractivity contribution is 0.564. The van der Waals surface area contributed by atoms with Crippen molar-refractivity contribution >= 4 is 26.8 Å². The van der Waals surface area contributed by atoms with Crippen LogP contribution < -0.4 is 5.56 Å². The Bertz CT molecular complexity index is 852. The second-order valence-electron chi connectivity index (χ2n) is 4.54. The maximum absolute atomic E-state index is 12.4. The van der Waals surface area contributed by atoms with Gasteiger partial charge in [0.1, 0.15) is 5.52 Å². The number of benzene rings is 1. The van der Waals surface area contributed by atoms with Crippen molar-refractivity contribution in [3.8, 4) is 0 Å². The van der Waals surface area contributed by atoms with Gasteiger partial charge in [0.2, 0.25) is 0 Å². The largest absolute Gasteiger partial charge is 0.277 e. The molecular formula is C13H12BrN5O. The van der Waals surface area contributed by atoms with Crippen LogP contribution in [0.3, 0.4) is 0 Å². The van der Waals surface area contributed by atoms with Gasteiger partial charge in [-0.2, -0.15) is 5.10 Å². The van der Waals surface area contributed by atoms with Crippen LogP contribution in [0.4, 0.5) is 0 Å². The molecule has 3 aromatic rings. The quantitative estimate of drug-likeness (QED) is 0.715. The zero-order chi connectivity index (χ0) is 14.3. The Labute approximate surface area is 123 Å². The Morgan fingerprint density at radius 3 is 2.75 bits per heavy atom. The molecule has 3 rings (SSSR count). The highest BCUT2D eigenvalue weighted by Gasteiger charge is 2.13. The van der Waals surface area contributed by atoms with Crippen LogP contribution in [0.15, 0.2) is 33.5 Å². The topological polar surface area (TPSA) is 65.6 Å². The zero-order valence-corrected chi connectivity index (χ0v) is 12.6. The highest BCUT2D eigenvalue weighted by Crippen LogP contribution is 2.20. The molecular weight excluding hydrogens is 322 g/mol. The van der Waals surface area contributed by atoms with Crippen molar-refractivity contribution < 1.29 is 0 Å². The summed E-state index contributed by atoms with van der Waals surface area (Å²) in [6.45, 7) is 2.23. The number of fused-ring (bicyclic) bond motifs is 1. The van der Waals surface area contributed by atoms with Gasteiger partial charge >= 0.3 is 0 Å². The van der Waals surface area contributed by atoms with Crippen LogP contribution in [0.25, 0.3) is 10.9 Å². The summed E-state index contributed by atoms with van der Waals surface area (Å²) in [4.78, 5) is 12.4. The highest BCUT2D eigenvalue weighted by atomic mass is 79.9. The number of aryl methyl sites for hydroxylation is 2. The van der Waals surface area contributed by atoms with Crippen LogP contribution in [0, 0.1) is 6.92 Å². The summed E-state index contributed by atoms with van der Waals surface area (Å²) in [5.41, 5.74) is 2.22. The van der Waals surface area contributed by atoms with Gasteiger partial charge in [0.05, 0.1) is 27.8 Å². The first-order valence-corrected chi connectivity index (χ1v) is 6.87. The zero-order valence-electron chi connectivity index (χ0n) is 11.0. The molecule has 0 saturated heterocycles. The summed E-state index contributed by atoms with van der Waals surface area (Å²) in [5.74, 6) is 0. The normalized spacial score (nSPS) is 11.2. The third-order valence-electron chi connectivity index (χ3n) is 3.19. The van der Waals surface area contributed by atoms with Crippen molar-refractivity contribution in [2.45, 2.75) is 13.5 Å². The number of hydrogen-bond acceptors (Lipinski definition) is 4. The van der Waals surface area contributed by atoms with E-state index in [4.69, 9.17) is 0 Å². The molecule has 0 aliphatic heterocycles. The van der Waals surface area contributed by atoms with Gasteiger partial charge in [-0.3, -0.25) is 9.48 Å². The summed E-state index contributed by atoms with van der Waals surface area (Å²) in [6, 6.07) is 7.19. The summed E-state index contributed by atoms with van der Waals surface area (Å²) in [6.07, 6.45) is 0. The Balaban J connectivity index is 2.12. The monoisotopic (exact) mass is 333 g/mol. The molecule has 0 atom stereocenters. The van der Waals surface area contributed by atoms with Gasteiger partial charge in [-0.05, 0) is 35.0 Å². The fraction of sp³-hybridized carbons (Fsp3) is 0.231. The second kappa shape index (κ2) is 4.82. The van der Waals surface area contributed by atoms with Gasteiger partial charge < -0.3 is 0 Å². The molecule has 0 N–H and O–H groups in total. The number of halogens is 1. The van der Waals surface area contributed by atoms with Crippen molar-refractivity contribution in [2.75, 3.05) is 0 Å². The van der Waals surface area contributed by atoms with Crippen molar-refractivity contribution in [3.05, 3.63) is 50.5 Å². The molecule has 1 aromatic carbocycles. The van der Waals surface area contributed by atoms with E-state index in [0.717, 1.165) is 15.9 Å². The SMILES string of the molecule is Cc1nn(C)c(Cn2nnc3ccccc3c2=O)c1Br. The third kappa shape index (κ3) is 2.03. The first-order valence-electron chi connectivity index (χ1n) is 6.08. The Morgan fingerprint density at radius 1 is 1.30 bits per heavy atom. The minimum absolute atomic E-state index is 0.152. The molecule has 0 amide bonds. The number of hydrogen-bond donors (Lipinski definition) is 0. The lowest BCUT2D eigenvalue weighted by Crippen LogP contribution is -2.25. The van der Waals surface area contributed by atoms with E-state index in [-0.39, 0.29) is 5.56 Å². The lowest BCUT2D eigenvalue weighted by Gasteiger charge is -2.05.